The molecule has 25 heavy (non-hydrogen) atoms. The Morgan fingerprint density at radius 3 is 1.40 bits per heavy atom. The number of hydrogen-bond acceptors (Lipinski definition) is 0. The van der Waals surface area contributed by atoms with Crippen LogP contribution in [0.3, 0.4) is 0 Å². The lowest BCUT2D eigenvalue weighted by atomic mass is 9.87. The minimum Gasteiger partial charge on any atom is -0.0580 e. The fraction of sp³-hybridized carbons (Fsp3) is 0.348. The largest absolute Gasteiger partial charge is 0.501 e. The normalized spacial score (nSPS) is 14.5. The van der Waals surface area contributed by atoms with Crippen molar-refractivity contribution in [3.63, 3.8) is 0 Å². The van der Waals surface area contributed by atoms with E-state index in [4.69, 9.17) is 0 Å². The molecule has 1 aliphatic rings. The maximum atomic E-state index is 3.44. The van der Waals surface area contributed by atoms with Gasteiger partial charge in [-0.1, -0.05) is 75.0 Å². The summed E-state index contributed by atoms with van der Waals surface area (Å²) in [5.41, 5.74) is 5.21. The van der Waals surface area contributed by atoms with E-state index in [1.165, 1.54) is 11.1 Å². The predicted molar refractivity (Wildman–Crippen MR) is 104 cm³/mol. The van der Waals surface area contributed by atoms with Gasteiger partial charge in [0, 0.05) is 24.3 Å². The molecular formula is C23H28N2+2. The van der Waals surface area contributed by atoms with Crippen LogP contribution < -0.4 is 0 Å². The lowest BCUT2D eigenvalue weighted by Crippen LogP contribution is -2.11. The quantitative estimate of drug-likeness (QED) is 0.601. The molecule has 0 radical (unpaired) electrons. The third kappa shape index (κ3) is 3.81. The van der Waals surface area contributed by atoms with E-state index < -0.39 is 0 Å². The van der Waals surface area contributed by atoms with Crippen LogP contribution in [0.4, 0.5) is 11.4 Å². The molecule has 0 aromatic heterocycles. The second-order valence-corrected chi connectivity index (χ2v) is 8.74. The zero-order valence-corrected chi connectivity index (χ0v) is 16.2. The van der Waals surface area contributed by atoms with Crippen LogP contribution >= 0.6 is 0 Å². The summed E-state index contributed by atoms with van der Waals surface area (Å²) in [6.07, 6.45) is 4.12. The predicted octanol–water partition coefficient (Wildman–Crippen LogP) is 5.93. The molecule has 0 fully saturated rings. The molecule has 0 unspecified atom stereocenters. The van der Waals surface area contributed by atoms with Crippen molar-refractivity contribution >= 4 is 17.4 Å². The molecule has 2 aromatic carbocycles. The summed E-state index contributed by atoms with van der Waals surface area (Å²) in [4.78, 5) is 0. The van der Waals surface area contributed by atoms with Gasteiger partial charge >= 0.3 is 6.01 Å². The van der Waals surface area contributed by atoms with Crippen LogP contribution in [0.1, 0.15) is 52.7 Å². The average Bonchev–Trinajstić information content (AvgIpc) is 3.04. The van der Waals surface area contributed by atoms with E-state index >= 15 is 0 Å². The Bertz CT molecular complexity index is 825. The van der Waals surface area contributed by atoms with E-state index in [9.17, 15) is 0 Å². The highest BCUT2D eigenvalue weighted by atomic mass is 15.1. The molecule has 2 aromatic rings. The highest BCUT2D eigenvalue weighted by Gasteiger charge is 2.24. The first-order valence-corrected chi connectivity index (χ1v) is 8.89. The van der Waals surface area contributed by atoms with Crippen molar-refractivity contribution in [3.05, 3.63) is 72.1 Å². The van der Waals surface area contributed by atoms with E-state index in [0.717, 1.165) is 11.4 Å². The van der Waals surface area contributed by atoms with Crippen molar-refractivity contribution in [3.8, 4) is 0 Å². The molecule has 1 aliphatic heterocycles. The molecule has 1 heterocycles. The molecule has 0 atom stereocenters. The van der Waals surface area contributed by atoms with Gasteiger partial charge in [0.05, 0.1) is 0 Å². The van der Waals surface area contributed by atoms with E-state index in [2.05, 4.69) is 118 Å². The molecule has 0 bridgehead atoms. The lowest BCUT2D eigenvalue weighted by Gasteiger charge is -2.18. The first-order chi connectivity index (χ1) is 11.6. The molecule has 2 nitrogen and oxygen atoms in total. The summed E-state index contributed by atoms with van der Waals surface area (Å²) in [7, 11) is 0. The van der Waals surface area contributed by atoms with Gasteiger partial charge in [-0.25, -0.2) is 0 Å². The Morgan fingerprint density at radius 1 is 0.640 bits per heavy atom. The second-order valence-electron chi connectivity index (χ2n) is 8.74. The van der Waals surface area contributed by atoms with Gasteiger partial charge in [-0.15, -0.1) is 0 Å². The topological polar surface area (TPSA) is 6.02 Å². The summed E-state index contributed by atoms with van der Waals surface area (Å²) in [6, 6.07) is 20.8. The first-order valence-electron chi connectivity index (χ1n) is 8.89. The van der Waals surface area contributed by atoms with Gasteiger partial charge in [0.25, 0.3) is 12.4 Å². The Morgan fingerprint density at radius 2 is 1.04 bits per heavy atom. The van der Waals surface area contributed by atoms with E-state index in [-0.39, 0.29) is 10.8 Å². The van der Waals surface area contributed by atoms with Crippen LogP contribution in [0.25, 0.3) is 0 Å². The Labute approximate surface area is 151 Å². The van der Waals surface area contributed by atoms with Crippen molar-refractivity contribution in [2.45, 2.75) is 52.4 Å². The maximum Gasteiger partial charge on any atom is 0.501 e. The molecule has 3 rings (SSSR count). The Hall–Kier alpha value is -2.44. The molecule has 2 heteroatoms. The Balaban J connectivity index is 2.02. The van der Waals surface area contributed by atoms with Gasteiger partial charge < -0.3 is 0 Å². The van der Waals surface area contributed by atoms with Gasteiger partial charge in [0.2, 0.25) is 11.4 Å². The maximum absolute atomic E-state index is 3.44. The van der Waals surface area contributed by atoms with Gasteiger partial charge in [-0.3, -0.25) is 0 Å². The van der Waals surface area contributed by atoms with Crippen LogP contribution in [-0.2, 0) is 10.8 Å². The van der Waals surface area contributed by atoms with E-state index in [1.807, 2.05) is 0 Å². The average molecular weight is 332 g/mol. The molecule has 0 N–H and O–H groups in total. The number of hydrogen-bond donors (Lipinski definition) is 0. The zero-order valence-electron chi connectivity index (χ0n) is 16.2. The number of nitrogens with zero attached hydrogens (tertiary/aromatic N) is 2. The van der Waals surface area contributed by atoms with Gasteiger partial charge in [-0.05, 0) is 22.0 Å². The third-order valence-corrected chi connectivity index (χ3v) is 4.56. The molecule has 0 saturated carbocycles. The standard InChI is InChI=1S/C23H28N2/c1-22(2,3)18-9-7-11-20(15-18)24-13-14-25(17-24)21-12-8-10-19(16-21)23(4,5)6/h7-16H,1-6H3/q+2. The molecular weight excluding hydrogens is 304 g/mol. The minimum absolute atomic E-state index is 0.139. The van der Waals surface area contributed by atoms with Crippen LogP contribution in [0.2, 0.25) is 0 Å². The summed E-state index contributed by atoms with van der Waals surface area (Å²) < 4.78 is 4.11. The van der Waals surface area contributed by atoms with Crippen molar-refractivity contribution in [1.29, 1.82) is 0 Å². The summed E-state index contributed by atoms with van der Waals surface area (Å²) in [5.74, 6) is 0. The second kappa shape index (κ2) is 6.13. The molecule has 0 amide bonds. The van der Waals surface area contributed by atoms with Crippen molar-refractivity contribution in [2.24, 2.45) is 0 Å². The van der Waals surface area contributed by atoms with Crippen LogP contribution in [0.5, 0.6) is 0 Å². The lowest BCUT2D eigenvalue weighted by molar-refractivity contribution is -0.387. The number of rotatable bonds is 2. The molecule has 0 saturated heterocycles. The highest BCUT2D eigenvalue weighted by molar-refractivity contribution is 5.47. The van der Waals surface area contributed by atoms with Crippen molar-refractivity contribution in [1.82, 2.24) is 0 Å². The van der Waals surface area contributed by atoms with Crippen LogP contribution in [0.15, 0.2) is 60.9 Å². The van der Waals surface area contributed by atoms with Crippen molar-refractivity contribution in [2.75, 3.05) is 0 Å². The van der Waals surface area contributed by atoms with Crippen LogP contribution in [-0.4, -0.2) is 15.2 Å². The molecule has 0 aliphatic carbocycles. The fourth-order valence-electron chi connectivity index (χ4n) is 2.85. The van der Waals surface area contributed by atoms with E-state index in [0.29, 0.717) is 0 Å². The minimum atomic E-state index is 0.139. The molecule has 0 spiro atoms. The number of benzene rings is 2. The zero-order chi connectivity index (χ0) is 18.2. The SMILES string of the molecule is CC(C)(C)c1cccc([N+]2=C=[N+](c3cccc(C(C)(C)C)c3)C=C2)c1. The fourth-order valence-corrected chi connectivity index (χ4v) is 2.85. The van der Waals surface area contributed by atoms with Crippen molar-refractivity contribution < 1.29 is 9.15 Å². The Kier molecular flexibility index (Phi) is 4.26. The molecule has 128 valence electrons. The third-order valence-electron chi connectivity index (χ3n) is 4.56. The van der Waals surface area contributed by atoms with Gasteiger partial charge in [-0.2, -0.15) is 0 Å². The van der Waals surface area contributed by atoms with Gasteiger partial charge in [0.1, 0.15) is 0 Å². The van der Waals surface area contributed by atoms with E-state index in [1.54, 1.807) is 0 Å². The summed E-state index contributed by atoms with van der Waals surface area (Å²) >= 11 is 0. The first kappa shape index (κ1) is 17.4. The smallest absolute Gasteiger partial charge is 0.0580 e. The van der Waals surface area contributed by atoms with Crippen LogP contribution in [0, 0.1) is 0 Å². The summed E-state index contributed by atoms with van der Waals surface area (Å²) in [6.45, 7) is 13.4. The highest BCUT2D eigenvalue weighted by Crippen LogP contribution is 2.28. The van der Waals surface area contributed by atoms with Gasteiger partial charge in [0.15, 0.2) is 0 Å². The monoisotopic (exact) mass is 332 g/mol. The summed E-state index contributed by atoms with van der Waals surface area (Å²) in [5, 5.41) is 0.